The standard InChI is InChI=1S/C18H19N5O2/c1-11-8-16(21-20-11)18(24)23-9-14(13-6-4-3-5-7-13)15(10-23)17-19-12(2)22-25-17/h3-8,14-15H,9-10H2,1-2H3,(H,20,21)/t14-,15-/m1/s1. The number of rotatable bonds is 3. The molecule has 0 unspecified atom stereocenters. The Morgan fingerprint density at radius 1 is 1.20 bits per heavy atom. The van der Waals surface area contributed by atoms with Crippen LogP contribution in [-0.4, -0.2) is 44.2 Å². The third-order valence-electron chi connectivity index (χ3n) is 4.62. The SMILES string of the molecule is Cc1noc([C@@H]2CN(C(=O)c3cc(C)[nH]n3)C[C@@H]2c2ccccc2)n1. The Hall–Kier alpha value is -2.96. The maximum atomic E-state index is 12.8. The van der Waals surface area contributed by atoms with Crippen molar-refractivity contribution in [3.05, 3.63) is 65.1 Å². The molecule has 0 aliphatic carbocycles. The van der Waals surface area contributed by atoms with Crippen LogP contribution < -0.4 is 0 Å². The molecule has 4 rings (SSSR count). The molecule has 1 N–H and O–H groups in total. The highest BCUT2D eigenvalue weighted by Crippen LogP contribution is 2.39. The molecule has 0 bridgehead atoms. The molecule has 1 aliphatic heterocycles. The second kappa shape index (κ2) is 6.16. The van der Waals surface area contributed by atoms with Crippen LogP contribution >= 0.6 is 0 Å². The molecule has 7 nitrogen and oxygen atoms in total. The highest BCUT2D eigenvalue weighted by atomic mass is 16.5. The van der Waals surface area contributed by atoms with Gasteiger partial charge in [-0.15, -0.1) is 0 Å². The van der Waals surface area contributed by atoms with E-state index in [0.29, 0.717) is 30.5 Å². The van der Waals surface area contributed by atoms with Gasteiger partial charge in [0.25, 0.3) is 5.91 Å². The summed E-state index contributed by atoms with van der Waals surface area (Å²) in [5.74, 6) is 1.20. The number of carbonyl (C=O) groups excluding carboxylic acids is 1. The summed E-state index contributed by atoms with van der Waals surface area (Å²) in [6.45, 7) is 4.81. The van der Waals surface area contributed by atoms with Crippen LogP contribution in [-0.2, 0) is 0 Å². The van der Waals surface area contributed by atoms with Gasteiger partial charge in [0.05, 0.1) is 5.92 Å². The van der Waals surface area contributed by atoms with Gasteiger partial charge in [-0.2, -0.15) is 10.1 Å². The number of benzene rings is 1. The maximum absolute atomic E-state index is 12.8. The summed E-state index contributed by atoms with van der Waals surface area (Å²) < 4.78 is 5.42. The van der Waals surface area contributed by atoms with E-state index < -0.39 is 0 Å². The molecule has 1 saturated heterocycles. The lowest BCUT2D eigenvalue weighted by Crippen LogP contribution is -2.29. The number of hydrogen-bond acceptors (Lipinski definition) is 5. The fraction of sp³-hybridized carbons (Fsp3) is 0.333. The smallest absolute Gasteiger partial charge is 0.274 e. The van der Waals surface area contributed by atoms with Crippen molar-refractivity contribution in [2.45, 2.75) is 25.7 Å². The molecule has 1 fully saturated rings. The summed E-state index contributed by atoms with van der Waals surface area (Å²) in [5, 5.41) is 10.8. The second-order valence-corrected chi connectivity index (χ2v) is 6.45. The van der Waals surface area contributed by atoms with E-state index in [1.54, 1.807) is 13.0 Å². The maximum Gasteiger partial charge on any atom is 0.274 e. The number of aryl methyl sites for hydroxylation is 2. The van der Waals surface area contributed by atoms with Crippen LogP contribution in [0.4, 0.5) is 0 Å². The Bertz CT molecular complexity index is 886. The topological polar surface area (TPSA) is 87.9 Å². The van der Waals surface area contributed by atoms with Gasteiger partial charge in [0, 0.05) is 24.7 Å². The van der Waals surface area contributed by atoms with Crippen molar-refractivity contribution >= 4 is 5.91 Å². The lowest BCUT2D eigenvalue weighted by molar-refractivity contribution is 0.0782. The van der Waals surface area contributed by atoms with Crippen molar-refractivity contribution in [3.8, 4) is 0 Å². The number of aromatic nitrogens is 4. The zero-order valence-electron chi connectivity index (χ0n) is 14.1. The molecule has 0 radical (unpaired) electrons. The van der Waals surface area contributed by atoms with Gasteiger partial charge >= 0.3 is 0 Å². The van der Waals surface area contributed by atoms with Gasteiger partial charge in [0.2, 0.25) is 5.89 Å². The molecular formula is C18H19N5O2. The molecule has 1 aromatic carbocycles. The molecule has 3 aromatic rings. The van der Waals surface area contributed by atoms with Gasteiger partial charge in [-0.25, -0.2) is 0 Å². The first kappa shape index (κ1) is 15.6. The summed E-state index contributed by atoms with van der Waals surface area (Å²) in [6.07, 6.45) is 0. The second-order valence-electron chi connectivity index (χ2n) is 6.45. The lowest BCUT2D eigenvalue weighted by Gasteiger charge is -2.15. The van der Waals surface area contributed by atoms with E-state index in [0.717, 1.165) is 11.3 Å². The Labute approximate surface area is 145 Å². The zero-order valence-corrected chi connectivity index (χ0v) is 14.1. The van der Waals surface area contributed by atoms with Crippen molar-refractivity contribution in [2.75, 3.05) is 13.1 Å². The number of nitrogens with one attached hydrogen (secondary N) is 1. The van der Waals surface area contributed by atoms with Gasteiger partial charge in [0.1, 0.15) is 5.69 Å². The van der Waals surface area contributed by atoms with Crippen molar-refractivity contribution in [1.29, 1.82) is 0 Å². The van der Waals surface area contributed by atoms with E-state index in [4.69, 9.17) is 4.52 Å². The fourth-order valence-electron chi connectivity index (χ4n) is 3.41. The largest absolute Gasteiger partial charge is 0.339 e. The number of carbonyl (C=O) groups is 1. The lowest BCUT2D eigenvalue weighted by atomic mass is 9.89. The van der Waals surface area contributed by atoms with Crippen LogP contribution in [0.3, 0.4) is 0 Å². The Kier molecular flexibility index (Phi) is 3.83. The average Bonchev–Trinajstić information content (AvgIpc) is 3.34. The number of aromatic amines is 1. The van der Waals surface area contributed by atoms with Crippen LogP contribution in [0.25, 0.3) is 0 Å². The number of amides is 1. The van der Waals surface area contributed by atoms with Crippen molar-refractivity contribution in [2.24, 2.45) is 0 Å². The summed E-state index contributed by atoms with van der Waals surface area (Å²) in [5.41, 5.74) is 2.47. The molecule has 0 spiro atoms. The predicted molar refractivity (Wildman–Crippen MR) is 90.2 cm³/mol. The van der Waals surface area contributed by atoms with Crippen LogP contribution in [0.5, 0.6) is 0 Å². The summed E-state index contributed by atoms with van der Waals surface area (Å²) in [4.78, 5) is 19.0. The van der Waals surface area contributed by atoms with Crippen LogP contribution in [0, 0.1) is 13.8 Å². The average molecular weight is 337 g/mol. The Morgan fingerprint density at radius 3 is 2.60 bits per heavy atom. The third kappa shape index (κ3) is 2.93. The van der Waals surface area contributed by atoms with Crippen LogP contribution in [0.15, 0.2) is 40.9 Å². The summed E-state index contributed by atoms with van der Waals surface area (Å²) in [6, 6.07) is 11.9. The van der Waals surface area contributed by atoms with E-state index in [9.17, 15) is 4.79 Å². The van der Waals surface area contributed by atoms with Gasteiger partial charge in [0.15, 0.2) is 5.82 Å². The minimum absolute atomic E-state index is 0.0208. The number of H-pyrrole nitrogens is 1. The Balaban J connectivity index is 1.65. The summed E-state index contributed by atoms with van der Waals surface area (Å²) >= 11 is 0. The first-order chi connectivity index (χ1) is 12.1. The number of likely N-dealkylation sites (tertiary alicyclic amines) is 1. The normalized spacial score (nSPS) is 20.2. The molecule has 128 valence electrons. The summed E-state index contributed by atoms with van der Waals surface area (Å²) in [7, 11) is 0. The van der Waals surface area contributed by atoms with Crippen molar-refractivity contribution < 1.29 is 9.32 Å². The monoisotopic (exact) mass is 337 g/mol. The highest BCUT2D eigenvalue weighted by Gasteiger charge is 2.40. The Morgan fingerprint density at radius 2 is 1.96 bits per heavy atom. The minimum Gasteiger partial charge on any atom is -0.339 e. The number of hydrogen-bond donors (Lipinski definition) is 1. The van der Waals surface area contributed by atoms with Gasteiger partial charge < -0.3 is 9.42 Å². The molecule has 0 saturated carbocycles. The highest BCUT2D eigenvalue weighted by molar-refractivity contribution is 5.92. The molecule has 1 aliphatic rings. The van der Waals surface area contributed by atoms with E-state index in [1.807, 2.05) is 30.0 Å². The molecule has 2 aromatic heterocycles. The quantitative estimate of drug-likeness (QED) is 0.793. The fourth-order valence-corrected chi connectivity index (χ4v) is 3.41. The molecular weight excluding hydrogens is 318 g/mol. The van der Waals surface area contributed by atoms with E-state index in [1.165, 1.54) is 0 Å². The molecule has 3 heterocycles. The molecule has 1 amide bonds. The van der Waals surface area contributed by atoms with Crippen LogP contribution in [0.2, 0.25) is 0 Å². The van der Waals surface area contributed by atoms with Gasteiger partial charge in [-0.05, 0) is 25.5 Å². The van der Waals surface area contributed by atoms with Crippen molar-refractivity contribution in [1.82, 2.24) is 25.2 Å². The third-order valence-corrected chi connectivity index (χ3v) is 4.62. The zero-order chi connectivity index (χ0) is 17.4. The minimum atomic E-state index is -0.0796. The first-order valence-electron chi connectivity index (χ1n) is 8.28. The molecule has 2 atom stereocenters. The van der Waals surface area contributed by atoms with Gasteiger partial charge in [-0.3, -0.25) is 9.89 Å². The van der Waals surface area contributed by atoms with Crippen LogP contribution in [0.1, 0.15) is 45.3 Å². The van der Waals surface area contributed by atoms with Crippen molar-refractivity contribution in [3.63, 3.8) is 0 Å². The molecule has 7 heteroatoms. The number of nitrogens with zero attached hydrogens (tertiary/aromatic N) is 4. The predicted octanol–water partition coefficient (Wildman–Crippen LogP) is 2.43. The van der Waals surface area contributed by atoms with E-state index >= 15 is 0 Å². The van der Waals surface area contributed by atoms with E-state index in [2.05, 4.69) is 32.5 Å². The van der Waals surface area contributed by atoms with Gasteiger partial charge in [-0.1, -0.05) is 35.5 Å². The van der Waals surface area contributed by atoms with E-state index in [-0.39, 0.29) is 17.7 Å². The molecule has 25 heavy (non-hydrogen) atoms. The first-order valence-corrected chi connectivity index (χ1v) is 8.28.